The fraction of sp³-hybridized carbons (Fsp3) is 0.111. The number of aliphatic hydroxyl groups excluding tert-OH is 1. The monoisotopic (exact) mass is 366 g/mol. The van der Waals surface area contributed by atoms with Crippen molar-refractivity contribution in [1.29, 1.82) is 5.26 Å². The number of aromatic nitrogens is 1. The number of carboxylic acid groups (broad SMARTS) is 1. The summed E-state index contributed by atoms with van der Waals surface area (Å²) in [7, 11) is 0. The molecule has 0 saturated heterocycles. The molecule has 0 aliphatic carbocycles. The van der Waals surface area contributed by atoms with E-state index in [1.165, 1.54) is 18.2 Å². The van der Waals surface area contributed by atoms with Gasteiger partial charge in [0.25, 0.3) is 5.91 Å². The van der Waals surface area contributed by atoms with Crippen LogP contribution >= 0.6 is 0 Å². The van der Waals surface area contributed by atoms with Gasteiger partial charge in [0.1, 0.15) is 0 Å². The van der Waals surface area contributed by atoms with E-state index < -0.39 is 11.9 Å². The SMILES string of the molecule is N#Cc1ccc(NC(=O)c2noc3ccc(NCCO)cc23)c(C(=O)O)c1. The van der Waals surface area contributed by atoms with Gasteiger partial charge >= 0.3 is 5.97 Å². The molecule has 0 saturated carbocycles. The second-order valence-corrected chi connectivity index (χ2v) is 5.52. The summed E-state index contributed by atoms with van der Waals surface area (Å²) < 4.78 is 5.13. The van der Waals surface area contributed by atoms with Crippen LogP contribution in [-0.4, -0.2) is 40.4 Å². The molecule has 27 heavy (non-hydrogen) atoms. The van der Waals surface area contributed by atoms with Crippen LogP contribution in [0.4, 0.5) is 11.4 Å². The Labute approximate surface area is 152 Å². The Hall–Kier alpha value is -3.90. The number of benzene rings is 2. The van der Waals surface area contributed by atoms with E-state index in [2.05, 4.69) is 15.8 Å². The van der Waals surface area contributed by atoms with Crippen LogP contribution in [0.1, 0.15) is 26.4 Å². The highest BCUT2D eigenvalue weighted by molar-refractivity contribution is 6.12. The zero-order chi connectivity index (χ0) is 19.4. The molecule has 1 heterocycles. The molecule has 0 fully saturated rings. The molecule has 0 radical (unpaired) electrons. The van der Waals surface area contributed by atoms with Crippen LogP contribution in [0.25, 0.3) is 11.0 Å². The average Bonchev–Trinajstić information content (AvgIpc) is 3.09. The number of rotatable bonds is 6. The van der Waals surface area contributed by atoms with Crippen LogP contribution in [0.2, 0.25) is 0 Å². The van der Waals surface area contributed by atoms with Crippen molar-refractivity contribution in [1.82, 2.24) is 5.16 Å². The maximum atomic E-state index is 12.6. The number of fused-ring (bicyclic) bond motifs is 1. The summed E-state index contributed by atoms with van der Waals surface area (Å²) in [6.45, 7) is 0.289. The minimum atomic E-state index is -1.28. The Morgan fingerprint density at radius 3 is 2.74 bits per heavy atom. The van der Waals surface area contributed by atoms with E-state index in [-0.39, 0.29) is 29.1 Å². The van der Waals surface area contributed by atoms with E-state index in [0.29, 0.717) is 23.2 Å². The molecule has 3 rings (SSSR count). The van der Waals surface area contributed by atoms with Crippen LogP contribution in [-0.2, 0) is 0 Å². The highest BCUT2D eigenvalue weighted by atomic mass is 16.5. The molecule has 1 aromatic heterocycles. The molecular weight excluding hydrogens is 352 g/mol. The lowest BCUT2D eigenvalue weighted by molar-refractivity contribution is 0.0698. The Kier molecular flexibility index (Phi) is 5.01. The Bertz CT molecular complexity index is 1070. The number of anilines is 2. The summed E-state index contributed by atoms with van der Waals surface area (Å²) in [5.74, 6) is -1.93. The number of carboxylic acids is 1. The van der Waals surface area contributed by atoms with Gasteiger partial charge in [0.05, 0.1) is 34.9 Å². The van der Waals surface area contributed by atoms with Gasteiger partial charge in [-0.05, 0) is 36.4 Å². The summed E-state index contributed by atoms with van der Waals surface area (Å²) in [5.41, 5.74) is 1.03. The maximum absolute atomic E-state index is 12.6. The van der Waals surface area contributed by atoms with Gasteiger partial charge in [0.15, 0.2) is 11.3 Å². The third-order valence-corrected chi connectivity index (χ3v) is 3.75. The summed E-state index contributed by atoms with van der Waals surface area (Å²) in [6.07, 6.45) is 0. The highest BCUT2D eigenvalue weighted by Crippen LogP contribution is 2.24. The molecule has 9 nitrogen and oxygen atoms in total. The van der Waals surface area contributed by atoms with E-state index in [4.69, 9.17) is 14.9 Å². The first-order valence-corrected chi connectivity index (χ1v) is 7.86. The second kappa shape index (κ2) is 7.55. The van der Waals surface area contributed by atoms with Crippen molar-refractivity contribution in [2.45, 2.75) is 0 Å². The maximum Gasteiger partial charge on any atom is 0.337 e. The zero-order valence-electron chi connectivity index (χ0n) is 13.9. The molecule has 0 bridgehead atoms. The van der Waals surface area contributed by atoms with Crippen molar-refractivity contribution in [3.8, 4) is 6.07 Å². The Morgan fingerprint density at radius 1 is 1.22 bits per heavy atom. The normalized spacial score (nSPS) is 10.4. The van der Waals surface area contributed by atoms with Gasteiger partial charge in [-0.15, -0.1) is 0 Å². The molecule has 136 valence electrons. The highest BCUT2D eigenvalue weighted by Gasteiger charge is 2.20. The molecule has 0 aliphatic rings. The summed E-state index contributed by atoms with van der Waals surface area (Å²) in [4.78, 5) is 24.0. The van der Waals surface area contributed by atoms with E-state index >= 15 is 0 Å². The Morgan fingerprint density at radius 2 is 2.04 bits per heavy atom. The van der Waals surface area contributed by atoms with Crippen molar-refractivity contribution in [3.05, 3.63) is 53.2 Å². The number of nitrogens with one attached hydrogen (secondary N) is 2. The van der Waals surface area contributed by atoms with Gasteiger partial charge in [0.2, 0.25) is 0 Å². The van der Waals surface area contributed by atoms with Crippen molar-refractivity contribution < 1.29 is 24.3 Å². The second-order valence-electron chi connectivity index (χ2n) is 5.52. The van der Waals surface area contributed by atoms with Crippen LogP contribution in [0.15, 0.2) is 40.9 Å². The number of amides is 1. The fourth-order valence-electron chi connectivity index (χ4n) is 2.49. The number of nitriles is 1. The molecule has 3 aromatic rings. The van der Waals surface area contributed by atoms with Crippen molar-refractivity contribution in [2.75, 3.05) is 23.8 Å². The van der Waals surface area contributed by atoms with E-state index in [1.807, 2.05) is 6.07 Å². The topological polar surface area (TPSA) is 148 Å². The first kappa shape index (κ1) is 17.9. The quantitative estimate of drug-likeness (QED) is 0.518. The third-order valence-electron chi connectivity index (χ3n) is 3.75. The van der Waals surface area contributed by atoms with Crippen molar-refractivity contribution in [3.63, 3.8) is 0 Å². The lowest BCUT2D eigenvalue weighted by atomic mass is 10.1. The average molecular weight is 366 g/mol. The van der Waals surface area contributed by atoms with Gasteiger partial charge in [-0.2, -0.15) is 5.26 Å². The third kappa shape index (κ3) is 3.70. The predicted octanol–water partition coefficient (Wildman–Crippen LogP) is 2.05. The molecule has 0 unspecified atom stereocenters. The van der Waals surface area contributed by atoms with Crippen molar-refractivity contribution in [2.24, 2.45) is 0 Å². The van der Waals surface area contributed by atoms with Crippen LogP contribution in [0, 0.1) is 11.3 Å². The Balaban J connectivity index is 1.93. The van der Waals surface area contributed by atoms with Gasteiger partial charge in [-0.3, -0.25) is 4.79 Å². The van der Waals surface area contributed by atoms with Gasteiger partial charge in [-0.25, -0.2) is 4.79 Å². The number of aliphatic hydroxyl groups is 1. The lowest BCUT2D eigenvalue weighted by Crippen LogP contribution is -2.15. The van der Waals surface area contributed by atoms with E-state index in [1.54, 1.807) is 18.2 Å². The first-order chi connectivity index (χ1) is 13.0. The lowest BCUT2D eigenvalue weighted by Gasteiger charge is -2.08. The summed E-state index contributed by atoms with van der Waals surface area (Å²) >= 11 is 0. The van der Waals surface area contributed by atoms with Crippen LogP contribution < -0.4 is 10.6 Å². The van der Waals surface area contributed by atoms with Crippen molar-refractivity contribution >= 4 is 34.2 Å². The van der Waals surface area contributed by atoms with Gasteiger partial charge in [0, 0.05) is 12.2 Å². The van der Waals surface area contributed by atoms with Gasteiger partial charge < -0.3 is 25.4 Å². The predicted molar refractivity (Wildman–Crippen MR) is 95.7 cm³/mol. The van der Waals surface area contributed by atoms with Gasteiger partial charge in [-0.1, -0.05) is 5.16 Å². The number of carbonyl (C=O) groups is 2. The zero-order valence-corrected chi connectivity index (χ0v) is 13.9. The van der Waals surface area contributed by atoms with E-state index in [9.17, 15) is 14.7 Å². The molecule has 0 atom stereocenters. The number of hydrogen-bond acceptors (Lipinski definition) is 7. The minimum Gasteiger partial charge on any atom is -0.478 e. The number of carbonyl (C=O) groups excluding carboxylic acids is 1. The smallest absolute Gasteiger partial charge is 0.337 e. The number of hydrogen-bond donors (Lipinski definition) is 4. The molecule has 0 aliphatic heterocycles. The number of nitrogens with zero attached hydrogens (tertiary/aromatic N) is 2. The molecular formula is C18H14N4O5. The summed E-state index contributed by atoms with van der Waals surface area (Å²) in [6, 6.07) is 10.8. The van der Waals surface area contributed by atoms with Crippen LogP contribution in [0.5, 0.6) is 0 Å². The van der Waals surface area contributed by atoms with E-state index in [0.717, 1.165) is 0 Å². The molecule has 9 heteroatoms. The molecule has 4 N–H and O–H groups in total. The standard InChI is InChI=1S/C18H14N4O5/c19-9-10-1-3-14(12(7-10)18(25)26)21-17(24)16-13-8-11(20-5-6-23)2-4-15(13)27-22-16/h1-4,7-8,20,23H,5-6H2,(H,21,24)(H,25,26). The van der Waals surface area contributed by atoms with Crippen LogP contribution in [0.3, 0.4) is 0 Å². The fourth-order valence-corrected chi connectivity index (χ4v) is 2.49. The first-order valence-electron chi connectivity index (χ1n) is 7.86. The minimum absolute atomic E-state index is 0.0154. The number of aromatic carboxylic acids is 1. The molecule has 2 aromatic carbocycles. The largest absolute Gasteiger partial charge is 0.478 e. The molecule has 0 spiro atoms. The molecule has 1 amide bonds. The summed E-state index contributed by atoms with van der Waals surface area (Å²) in [5, 5.41) is 36.7.